The molecule has 2 aliphatic heterocycles. The highest BCUT2D eigenvalue weighted by Crippen LogP contribution is 2.23. The number of hydrogen-bond acceptors (Lipinski definition) is 4. The zero-order valence-corrected chi connectivity index (χ0v) is 13.1. The summed E-state index contributed by atoms with van der Waals surface area (Å²) in [6.45, 7) is 3.78. The number of piperidine rings is 1. The molecule has 1 N–H and O–H groups in total. The molecule has 0 spiro atoms. The minimum Gasteiger partial charge on any atom is -0.384 e. The van der Waals surface area contributed by atoms with E-state index in [0.717, 1.165) is 44.5 Å². The standard InChI is InChI=1S/C17H25N3O/c1-19-9-6-15(7-10-19)20(2)12-17(21)14-3-4-16-13(11-14)5-8-18-16/h3-4,11,15,18H,5-10,12H2,1-2H3. The number of rotatable bonds is 4. The number of likely N-dealkylation sites (tertiary alicyclic amines) is 1. The molecule has 2 heterocycles. The number of nitrogens with one attached hydrogen (secondary N) is 1. The van der Waals surface area contributed by atoms with Crippen molar-refractivity contribution < 1.29 is 4.79 Å². The van der Waals surface area contributed by atoms with Gasteiger partial charge in [-0.1, -0.05) is 0 Å². The number of benzene rings is 1. The normalized spacial score (nSPS) is 19.6. The Bertz CT molecular complexity index is 521. The van der Waals surface area contributed by atoms with Crippen molar-refractivity contribution in [2.45, 2.75) is 25.3 Å². The Morgan fingerprint density at radius 2 is 2.14 bits per heavy atom. The second kappa shape index (κ2) is 6.16. The quantitative estimate of drug-likeness (QED) is 0.858. The van der Waals surface area contributed by atoms with Crippen molar-refractivity contribution in [2.75, 3.05) is 45.6 Å². The molecule has 0 aromatic heterocycles. The van der Waals surface area contributed by atoms with Crippen LogP contribution in [0.2, 0.25) is 0 Å². The summed E-state index contributed by atoms with van der Waals surface area (Å²) in [6.07, 6.45) is 3.35. The van der Waals surface area contributed by atoms with Gasteiger partial charge in [0, 0.05) is 23.8 Å². The van der Waals surface area contributed by atoms with Crippen LogP contribution in [0, 0.1) is 0 Å². The van der Waals surface area contributed by atoms with E-state index in [0.29, 0.717) is 12.6 Å². The van der Waals surface area contributed by atoms with E-state index in [1.807, 2.05) is 12.1 Å². The van der Waals surface area contributed by atoms with Gasteiger partial charge in [0.05, 0.1) is 6.54 Å². The Kier molecular flexibility index (Phi) is 4.27. The molecule has 2 aliphatic rings. The van der Waals surface area contributed by atoms with E-state index in [2.05, 4.69) is 35.3 Å². The average molecular weight is 287 g/mol. The molecule has 1 saturated heterocycles. The third-order valence-electron chi connectivity index (χ3n) is 4.84. The van der Waals surface area contributed by atoms with Gasteiger partial charge in [-0.2, -0.15) is 0 Å². The Balaban J connectivity index is 1.60. The molecule has 21 heavy (non-hydrogen) atoms. The van der Waals surface area contributed by atoms with E-state index < -0.39 is 0 Å². The Morgan fingerprint density at radius 1 is 1.38 bits per heavy atom. The van der Waals surface area contributed by atoms with Crippen molar-refractivity contribution in [2.24, 2.45) is 0 Å². The van der Waals surface area contributed by atoms with E-state index in [4.69, 9.17) is 0 Å². The predicted molar refractivity (Wildman–Crippen MR) is 86.1 cm³/mol. The minimum atomic E-state index is 0.242. The number of ketones is 1. The molecule has 4 heteroatoms. The molecule has 0 aliphatic carbocycles. The van der Waals surface area contributed by atoms with Gasteiger partial charge in [-0.3, -0.25) is 9.69 Å². The molecule has 0 atom stereocenters. The van der Waals surface area contributed by atoms with Gasteiger partial charge >= 0.3 is 0 Å². The fourth-order valence-electron chi connectivity index (χ4n) is 3.36. The smallest absolute Gasteiger partial charge is 0.176 e. The first-order valence-corrected chi connectivity index (χ1v) is 7.92. The summed E-state index contributed by atoms with van der Waals surface area (Å²) in [7, 11) is 4.25. The summed E-state index contributed by atoms with van der Waals surface area (Å²) in [5.74, 6) is 0.242. The number of carbonyl (C=O) groups excluding carboxylic acids is 1. The number of anilines is 1. The summed E-state index contributed by atoms with van der Waals surface area (Å²) >= 11 is 0. The molecule has 0 bridgehead atoms. The molecule has 0 radical (unpaired) electrons. The molecule has 3 rings (SSSR count). The third-order valence-corrected chi connectivity index (χ3v) is 4.84. The number of hydrogen-bond donors (Lipinski definition) is 1. The number of fused-ring (bicyclic) bond motifs is 1. The van der Waals surface area contributed by atoms with Gasteiger partial charge in [-0.25, -0.2) is 0 Å². The Labute approximate surface area is 127 Å². The minimum absolute atomic E-state index is 0.242. The van der Waals surface area contributed by atoms with Crippen LogP contribution < -0.4 is 5.32 Å². The summed E-state index contributed by atoms with van der Waals surface area (Å²) in [5, 5.41) is 3.34. The van der Waals surface area contributed by atoms with Crippen LogP contribution in [0.3, 0.4) is 0 Å². The molecule has 1 aromatic carbocycles. The number of carbonyl (C=O) groups is 1. The fraction of sp³-hybridized carbons (Fsp3) is 0.588. The topological polar surface area (TPSA) is 35.6 Å². The Morgan fingerprint density at radius 3 is 2.90 bits per heavy atom. The van der Waals surface area contributed by atoms with Gasteiger partial charge < -0.3 is 10.2 Å². The van der Waals surface area contributed by atoms with Crippen LogP contribution in [-0.2, 0) is 6.42 Å². The molecule has 0 amide bonds. The third kappa shape index (κ3) is 3.27. The molecule has 4 nitrogen and oxygen atoms in total. The average Bonchev–Trinajstić information content (AvgIpc) is 2.95. The van der Waals surface area contributed by atoms with Crippen molar-refractivity contribution in [1.82, 2.24) is 9.80 Å². The molecular formula is C17H25N3O. The van der Waals surface area contributed by atoms with E-state index in [9.17, 15) is 4.79 Å². The van der Waals surface area contributed by atoms with Crippen LogP contribution >= 0.6 is 0 Å². The van der Waals surface area contributed by atoms with Crippen molar-refractivity contribution in [3.63, 3.8) is 0 Å². The van der Waals surface area contributed by atoms with Crippen LogP contribution in [0.5, 0.6) is 0 Å². The lowest BCUT2D eigenvalue weighted by molar-refractivity contribution is 0.0871. The molecular weight excluding hydrogens is 262 g/mol. The zero-order chi connectivity index (χ0) is 14.8. The van der Waals surface area contributed by atoms with Gasteiger partial charge in [0.25, 0.3) is 0 Å². The highest BCUT2D eigenvalue weighted by atomic mass is 16.1. The van der Waals surface area contributed by atoms with Crippen LogP contribution in [0.25, 0.3) is 0 Å². The van der Waals surface area contributed by atoms with Gasteiger partial charge in [0.15, 0.2) is 5.78 Å². The molecule has 1 fully saturated rings. The maximum absolute atomic E-state index is 12.5. The molecule has 0 unspecified atom stereocenters. The van der Waals surface area contributed by atoms with Crippen LogP contribution in [0.1, 0.15) is 28.8 Å². The summed E-state index contributed by atoms with van der Waals surface area (Å²) in [5.41, 5.74) is 3.33. The van der Waals surface area contributed by atoms with Crippen LogP contribution in [0.4, 0.5) is 5.69 Å². The van der Waals surface area contributed by atoms with Gasteiger partial charge in [-0.15, -0.1) is 0 Å². The fourth-order valence-corrected chi connectivity index (χ4v) is 3.36. The first kappa shape index (κ1) is 14.5. The number of Topliss-reactive ketones (excluding diaryl/α,β-unsaturated/α-hetero) is 1. The first-order valence-electron chi connectivity index (χ1n) is 7.92. The SMILES string of the molecule is CN1CCC(N(C)CC(=O)c2ccc3c(c2)CCN3)CC1. The summed E-state index contributed by atoms with van der Waals surface area (Å²) in [4.78, 5) is 17.1. The van der Waals surface area contributed by atoms with Gasteiger partial charge in [0.1, 0.15) is 0 Å². The number of likely N-dealkylation sites (N-methyl/N-ethyl adjacent to an activating group) is 1. The maximum Gasteiger partial charge on any atom is 0.176 e. The molecule has 114 valence electrons. The first-order chi connectivity index (χ1) is 10.1. The van der Waals surface area contributed by atoms with Crippen molar-refractivity contribution >= 4 is 11.5 Å². The lowest BCUT2D eigenvalue weighted by Gasteiger charge is -2.34. The summed E-state index contributed by atoms with van der Waals surface area (Å²) in [6, 6.07) is 6.62. The van der Waals surface area contributed by atoms with Gasteiger partial charge in [0.2, 0.25) is 0 Å². The van der Waals surface area contributed by atoms with E-state index >= 15 is 0 Å². The molecule has 0 saturated carbocycles. The second-order valence-electron chi connectivity index (χ2n) is 6.42. The predicted octanol–water partition coefficient (Wildman–Crippen LogP) is 1.86. The highest BCUT2D eigenvalue weighted by Gasteiger charge is 2.22. The Hall–Kier alpha value is -1.39. The van der Waals surface area contributed by atoms with Gasteiger partial charge in [-0.05, 0) is 70.2 Å². The maximum atomic E-state index is 12.5. The van der Waals surface area contributed by atoms with E-state index in [-0.39, 0.29) is 5.78 Å². The van der Waals surface area contributed by atoms with E-state index in [1.165, 1.54) is 11.3 Å². The van der Waals surface area contributed by atoms with Crippen LogP contribution in [-0.4, -0.2) is 61.9 Å². The van der Waals surface area contributed by atoms with Crippen molar-refractivity contribution in [3.05, 3.63) is 29.3 Å². The lowest BCUT2D eigenvalue weighted by Crippen LogP contribution is -2.43. The zero-order valence-electron chi connectivity index (χ0n) is 13.1. The lowest BCUT2D eigenvalue weighted by atomic mass is 10.0. The van der Waals surface area contributed by atoms with Crippen molar-refractivity contribution in [3.8, 4) is 0 Å². The van der Waals surface area contributed by atoms with Crippen LogP contribution in [0.15, 0.2) is 18.2 Å². The summed E-state index contributed by atoms with van der Waals surface area (Å²) < 4.78 is 0. The number of nitrogens with zero attached hydrogens (tertiary/aromatic N) is 2. The van der Waals surface area contributed by atoms with E-state index in [1.54, 1.807) is 0 Å². The monoisotopic (exact) mass is 287 g/mol. The largest absolute Gasteiger partial charge is 0.384 e. The second-order valence-corrected chi connectivity index (χ2v) is 6.42. The highest BCUT2D eigenvalue weighted by molar-refractivity contribution is 5.98. The molecule has 1 aromatic rings. The van der Waals surface area contributed by atoms with Crippen molar-refractivity contribution in [1.29, 1.82) is 0 Å².